The molecule has 0 bridgehead atoms. The zero-order chi connectivity index (χ0) is 13.6. The van der Waals surface area contributed by atoms with Gasteiger partial charge in [0, 0.05) is 6.04 Å². The van der Waals surface area contributed by atoms with Crippen molar-refractivity contribution < 1.29 is 0 Å². The monoisotopic (exact) mass is 241 g/mol. The maximum absolute atomic E-state index is 3.39. The highest BCUT2D eigenvalue weighted by atomic mass is 14.8. The molecule has 0 aromatic rings. The van der Waals surface area contributed by atoms with E-state index in [-0.39, 0.29) is 0 Å². The molecule has 0 heterocycles. The number of hydrogen-bond acceptors (Lipinski definition) is 1. The summed E-state index contributed by atoms with van der Waals surface area (Å²) in [6.45, 7) is 16.6. The molecule has 0 aliphatic carbocycles. The fourth-order valence-corrected chi connectivity index (χ4v) is 2.39. The summed E-state index contributed by atoms with van der Waals surface area (Å²) < 4.78 is 0. The molecular weight excluding hydrogens is 206 g/mol. The Morgan fingerprint density at radius 2 is 1.29 bits per heavy atom. The van der Waals surface area contributed by atoms with Crippen molar-refractivity contribution in [2.45, 2.75) is 67.3 Å². The summed E-state index contributed by atoms with van der Waals surface area (Å²) in [5.41, 5.74) is 0. The molecule has 0 aromatic carbocycles. The summed E-state index contributed by atoms with van der Waals surface area (Å²) in [5.74, 6) is 4.12. The van der Waals surface area contributed by atoms with Crippen LogP contribution in [0, 0.1) is 29.6 Å². The maximum atomic E-state index is 3.39. The van der Waals surface area contributed by atoms with Crippen molar-refractivity contribution in [2.75, 3.05) is 7.05 Å². The van der Waals surface area contributed by atoms with Crippen molar-refractivity contribution in [3.05, 3.63) is 0 Å². The van der Waals surface area contributed by atoms with E-state index in [0.29, 0.717) is 6.04 Å². The van der Waals surface area contributed by atoms with Crippen molar-refractivity contribution >= 4 is 0 Å². The molecule has 0 aliphatic heterocycles. The molecule has 0 aliphatic rings. The molecule has 104 valence electrons. The molecule has 4 atom stereocenters. The molecular formula is C16H35N. The minimum atomic E-state index is 0.639. The smallest absolute Gasteiger partial charge is 0.00384 e. The summed E-state index contributed by atoms with van der Waals surface area (Å²) >= 11 is 0. The topological polar surface area (TPSA) is 12.0 Å². The standard InChI is InChI=1S/C16H35N/c1-11(2)13(5)9-16(10-14(6)17-8)15(7)12(3)4/h11-17H,9-10H2,1-8H3. The van der Waals surface area contributed by atoms with Crippen molar-refractivity contribution in [3.8, 4) is 0 Å². The predicted octanol–water partition coefficient (Wildman–Crippen LogP) is 4.57. The van der Waals surface area contributed by atoms with Crippen LogP contribution < -0.4 is 5.32 Å². The largest absolute Gasteiger partial charge is 0.317 e. The van der Waals surface area contributed by atoms with Gasteiger partial charge in [0.1, 0.15) is 0 Å². The average molecular weight is 241 g/mol. The fraction of sp³-hybridized carbons (Fsp3) is 1.00. The molecule has 17 heavy (non-hydrogen) atoms. The molecule has 0 saturated carbocycles. The summed E-state index contributed by atoms with van der Waals surface area (Å²) in [6, 6.07) is 0.639. The van der Waals surface area contributed by atoms with Crippen LogP contribution in [0.2, 0.25) is 0 Å². The fourth-order valence-electron chi connectivity index (χ4n) is 2.39. The lowest BCUT2D eigenvalue weighted by Crippen LogP contribution is -2.30. The van der Waals surface area contributed by atoms with Gasteiger partial charge in [-0.2, -0.15) is 0 Å². The van der Waals surface area contributed by atoms with Gasteiger partial charge in [0.05, 0.1) is 0 Å². The number of hydrogen-bond donors (Lipinski definition) is 1. The number of rotatable bonds is 8. The second kappa shape index (κ2) is 8.13. The Morgan fingerprint density at radius 3 is 1.65 bits per heavy atom. The Hall–Kier alpha value is -0.0400. The maximum Gasteiger partial charge on any atom is 0.00384 e. The van der Waals surface area contributed by atoms with Gasteiger partial charge in [-0.1, -0.05) is 41.5 Å². The van der Waals surface area contributed by atoms with Crippen LogP contribution in [-0.4, -0.2) is 13.1 Å². The molecule has 0 amide bonds. The van der Waals surface area contributed by atoms with Gasteiger partial charge in [0.25, 0.3) is 0 Å². The predicted molar refractivity (Wildman–Crippen MR) is 79.2 cm³/mol. The van der Waals surface area contributed by atoms with E-state index in [4.69, 9.17) is 0 Å². The highest BCUT2D eigenvalue weighted by Gasteiger charge is 2.24. The van der Waals surface area contributed by atoms with Gasteiger partial charge < -0.3 is 5.32 Å². The van der Waals surface area contributed by atoms with Gasteiger partial charge in [0.2, 0.25) is 0 Å². The minimum absolute atomic E-state index is 0.639. The van der Waals surface area contributed by atoms with Crippen LogP contribution in [-0.2, 0) is 0 Å². The lowest BCUT2D eigenvalue weighted by Gasteiger charge is -2.32. The lowest BCUT2D eigenvalue weighted by molar-refractivity contribution is 0.190. The molecule has 1 heteroatoms. The molecule has 0 aromatic heterocycles. The van der Waals surface area contributed by atoms with Crippen molar-refractivity contribution in [1.82, 2.24) is 5.32 Å². The van der Waals surface area contributed by atoms with E-state index < -0.39 is 0 Å². The summed E-state index contributed by atoms with van der Waals surface area (Å²) in [6.07, 6.45) is 2.69. The van der Waals surface area contributed by atoms with Crippen molar-refractivity contribution in [1.29, 1.82) is 0 Å². The Kier molecular flexibility index (Phi) is 8.11. The molecule has 4 unspecified atom stereocenters. The van der Waals surface area contributed by atoms with E-state index in [1.54, 1.807) is 0 Å². The summed E-state index contributed by atoms with van der Waals surface area (Å²) in [7, 11) is 2.08. The van der Waals surface area contributed by atoms with Gasteiger partial charge in [-0.15, -0.1) is 0 Å². The van der Waals surface area contributed by atoms with Crippen molar-refractivity contribution in [2.24, 2.45) is 29.6 Å². The van der Waals surface area contributed by atoms with E-state index in [0.717, 1.165) is 29.6 Å². The molecule has 0 spiro atoms. The first-order valence-corrected chi connectivity index (χ1v) is 7.46. The molecule has 0 saturated heterocycles. The first-order valence-electron chi connectivity index (χ1n) is 7.46. The first-order chi connectivity index (χ1) is 7.79. The van der Waals surface area contributed by atoms with Gasteiger partial charge in [-0.05, 0) is 56.4 Å². The van der Waals surface area contributed by atoms with Gasteiger partial charge in [-0.25, -0.2) is 0 Å². The van der Waals surface area contributed by atoms with E-state index in [1.807, 2.05) is 0 Å². The molecule has 1 N–H and O–H groups in total. The Balaban J connectivity index is 4.50. The third kappa shape index (κ3) is 6.45. The Morgan fingerprint density at radius 1 is 0.765 bits per heavy atom. The minimum Gasteiger partial charge on any atom is -0.317 e. The first kappa shape index (κ1) is 17.0. The van der Waals surface area contributed by atoms with Crippen LogP contribution in [0.1, 0.15) is 61.3 Å². The Bertz CT molecular complexity index is 186. The third-order valence-electron chi connectivity index (χ3n) is 4.76. The van der Waals surface area contributed by atoms with Crippen LogP contribution in [0.5, 0.6) is 0 Å². The molecule has 0 fully saturated rings. The molecule has 0 radical (unpaired) electrons. The zero-order valence-corrected chi connectivity index (χ0v) is 13.4. The van der Waals surface area contributed by atoms with E-state index >= 15 is 0 Å². The third-order valence-corrected chi connectivity index (χ3v) is 4.76. The van der Waals surface area contributed by atoms with E-state index in [1.165, 1.54) is 12.8 Å². The highest BCUT2D eigenvalue weighted by molar-refractivity contribution is 4.76. The van der Waals surface area contributed by atoms with Crippen LogP contribution in [0.4, 0.5) is 0 Å². The zero-order valence-electron chi connectivity index (χ0n) is 13.4. The van der Waals surface area contributed by atoms with Crippen molar-refractivity contribution in [3.63, 3.8) is 0 Å². The van der Waals surface area contributed by atoms with E-state index in [2.05, 4.69) is 60.8 Å². The van der Waals surface area contributed by atoms with Crippen LogP contribution in [0.15, 0.2) is 0 Å². The number of nitrogens with one attached hydrogen (secondary N) is 1. The molecule has 1 nitrogen and oxygen atoms in total. The van der Waals surface area contributed by atoms with Crippen LogP contribution >= 0.6 is 0 Å². The second-order valence-corrected chi connectivity index (χ2v) is 6.75. The Labute approximate surface area is 110 Å². The lowest BCUT2D eigenvalue weighted by atomic mass is 9.75. The quantitative estimate of drug-likeness (QED) is 0.656. The summed E-state index contributed by atoms with van der Waals surface area (Å²) in [4.78, 5) is 0. The molecule has 0 rings (SSSR count). The van der Waals surface area contributed by atoms with Gasteiger partial charge >= 0.3 is 0 Å². The van der Waals surface area contributed by atoms with Crippen LogP contribution in [0.3, 0.4) is 0 Å². The van der Waals surface area contributed by atoms with Gasteiger partial charge in [0.15, 0.2) is 0 Å². The second-order valence-electron chi connectivity index (χ2n) is 6.75. The average Bonchev–Trinajstić information content (AvgIpc) is 2.26. The van der Waals surface area contributed by atoms with Gasteiger partial charge in [-0.3, -0.25) is 0 Å². The van der Waals surface area contributed by atoms with E-state index in [9.17, 15) is 0 Å². The highest BCUT2D eigenvalue weighted by Crippen LogP contribution is 2.32. The SMILES string of the molecule is CNC(C)CC(CC(C)C(C)C)C(C)C(C)C. The summed E-state index contributed by atoms with van der Waals surface area (Å²) in [5, 5.41) is 3.39. The normalized spacial score (nSPS) is 19.4. The van der Waals surface area contributed by atoms with Crippen LogP contribution in [0.25, 0.3) is 0 Å².